The van der Waals surface area contributed by atoms with Crippen molar-refractivity contribution in [1.29, 1.82) is 0 Å². The van der Waals surface area contributed by atoms with Crippen LogP contribution >= 0.6 is 0 Å². The molecule has 0 saturated heterocycles. The Morgan fingerprint density at radius 1 is 0.605 bits per heavy atom. The minimum atomic E-state index is -1.12. The maximum absolute atomic E-state index is 13.2. The van der Waals surface area contributed by atoms with Crippen LogP contribution in [0.4, 0.5) is 0 Å². The summed E-state index contributed by atoms with van der Waals surface area (Å²) in [6.45, 7) is 0.150. The zero-order valence-corrected chi connectivity index (χ0v) is 20.5. The van der Waals surface area contributed by atoms with Gasteiger partial charge in [-0.2, -0.15) is 0 Å². The SMILES string of the molecule is N[C@@H](CCCCN1C(=O)c2ccc3c4c(ccc(c24)C1=O)C(=O)N(CCCC[C@H](N)C(=O)O)C3=O)C(=O)O. The molecule has 12 nitrogen and oxygen atoms in total. The third kappa shape index (κ3) is 4.75. The Kier molecular flexibility index (Phi) is 7.56. The number of carboxylic acid groups (broad SMARTS) is 2. The summed E-state index contributed by atoms with van der Waals surface area (Å²) < 4.78 is 0. The van der Waals surface area contributed by atoms with Crippen molar-refractivity contribution in [1.82, 2.24) is 9.80 Å². The molecule has 4 rings (SSSR count). The molecule has 6 N–H and O–H groups in total. The van der Waals surface area contributed by atoms with Crippen LogP contribution in [0.2, 0.25) is 0 Å². The lowest BCUT2D eigenvalue weighted by Gasteiger charge is -2.32. The molecule has 12 heteroatoms. The molecule has 2 aromatic carbocycles. The molecule has 0 bridgehead atoms. The van der Waals surface area contributed by atoms with E-state index in [1.165, 1.54) is 24.3 Å². The number of rotatable bonds is 12. The number of benzene rings is 2. The number of hydrogen-bond acceptors (Lipinski definition) is 8. The number of carbonyl (C=O) groups is 6. The number of unbranched alkanes of at least 4 members (excludes halogenated alkanes) is 2. The predicted octanol–water partition coefficient (Wildman–Crippen LogP) is 1.20. The Morgan fingerprint density at radius 3 is 1.16 bits per heavy atom. The fourth-order valence-electron chi connectivity index (χ4n) is 4.90. The first-order chi connectivity index (χ1) is 18.0. The largest absolute Gasteiger partial charge is 0.480 e. The molecule has 2 atom stereocenters. The van der Waals surface area contributed by atoms with Crippen molar-refractivity contribution in [3.63, 3.8) is 0 Å². The first-order valence-electron chi connectivity index (χ1n) is 12.3. The third-order valence-corrected chi connectivity index (χ3v) is 6.99. The van der Waals surface area contributed by atoms with Crippen LogP contribution in [0.5, 0.6) is 0 Å². The van der Waals surface area contributed by atoms with E-state index in [4.69, 9.17) is 21.7 Å². The zero-order chi connectivity index (χ0) is 27.7. The van der Waals surface area contributed by atoms with Crippen LogP contribution in [0.3, 0.4) is 0 Å². The van der Waals surface area contributed by atoms with Gasteiger partial charge in [-0.1, -0.05) is 0 Å². The van der Waals surface area contributed by atoms with Gasteiger partial charge in [0, 0.05) is 46.1 Å². The molecule has 2 aliphatic rings. The Labute approximate surface area is 217 Å². The molecule has 0 spiro atoms. The predicted molar refractivity (Wildman–Crippen MR) is 134 cm³/mol. The summed E-state index contributed by atoms with van der Waals surface area (Å²) in [7, 11) is 0. The second-order valence-electron chi connectivity index (χ2n) is 9.48. The summed E-state index contributed by atoms with van der Waals surface area (Å²) in [6, 6.07) is 3.87. The van der Waals surface area contributed by atoms with Gasteiger partial charge in [-0.3, -0.25) is 38.6 Å². The molecule has 38 heavy (non-hydrogen) atoms. The van der Waals surface area contributed by atoms with E-state index in [9.17, 15) is 28.8 Å². The second kappa shape index (κ2) is 10.7. The summed E-state index contributed by atoms with van der Waals surface area (Å²) in [5.74, 6) is -4.43. The van der Waals surface area contributed by atoms with Gasteiger partial charge < -0.3 is 21.7 Å². The number of carbonyl (C=O) groups excluding carboxylic acids is 4. The number of carboxylic acids is 2. The van der Waals surface area contributed by atoms with Crippen molar-refractivity contribution in [2.45, 2.75) is 50.6 Å². The van der Waals surface area contributed by atoms with Crippen molar-refractivity contribution >= 4 is 46.3 Å². The molecule has 2 heterocycles. The van der Waals surface area contributed by atoms with E-state index < -0.39 is 47.7 Å². The van der Waals surface area contributed by atoms with Crippen molar-refractivity contribution in [2.75, 3.05) is 13.1 Å². The average Bonchev–Trinajstić information content (AvgIpc) is 2.88. The van der Waals surface area contributed by atoms with Gasteiger partial charge >= 0.3 is 11.9 Å². The number of amides is 4. The number of nitrogens with two attached hydrogens (primary N) is 2. The van der Waals surface area contributed by atoms with Crippen LogP contribution < -0.4 is 11.5 Å². The average molecular weight is 525 g/mol. The molecular formula is C26H28N4O8. The van der Waals surface area contributed by atoms with Gasteiger partial charge in [0.15, 0.2) is 0 Å². The van der Waals surface area contributed by atoms with Gasteiger partial charge in [0.1, 0.15) is 12.1 Å². The quantitative estimate of drug-likeness (QED) is 0.231. The van der Waals surface area contributed by atoms with Crippen LogP contribution in [0.1, 0.15) is 80.0 Å². The normalized spacial score (nSPS) is 16.3. The highest BCUT2D eigenvalue weighted by Gasteiger charge is 2.39. The molecule has 0 saturated carbocycles. The van der Waals surface area contributed by atoms with Gasteiger partial charge in [0.2, 0.25) is 0 Å². The van der Waals surface area contributed by atoms with Gasteiger partial charge in [0.05, 0.1) is 0 Å². The zero-order valence-electron chi connectivity index (χ0n) is 20.5. The number of hydrogen-bond donors (Lipinski definition) is 4. The van der Waals surface area contributed by atoms with E-state index in [2.05, 4.69) is 0 Å². The van der Waals surface area contributed by atoms with Gasteiger partial charge in [-0.15, -0.1) is 0 Å². The van der Waals surface area contributed by atoms with Crippen LogP contribution in [0, 0.1) is 0 Å². The van der Waals surface area contributed by atoms with Crippen molar-refractivity contribution in [3.05, 3.63) is 46.5 Å². The lowest BCUT2D eigenvalue weighted by Crippen LogP contribution is -2.43. The first-order valence-corrected chi connectivity index (χ1v) is 12.3. The summed E-state index contributed by atoms with van der Waals surface area (Å²) in [5.41, 5.74) is 11.8. The molecule has 4 amide bonds. The van der Waals surface area contributed by atoms with E-state index >= 15 is 0 Å². The lowest BCUT2D eigenvalue weighted by molar-refractivity contribution is -0.139. The molecule has 0 fully saturated rings. The Balaban J connectivity index is 1.55. The molecule has 0 aromatic heterocycles. The van der Waals surface area contributed by atoms with E-state index in [1.807, 2.05) is 0 Å². The van der Waals surface area contributed by atoms with Crippen LogP contribution in [-0.2, 0) is 9.59 Å². The van der Waals surface area contributed by atoms with E-state index in [1.54, 1.807) is 0 Å². The summed E-state index contributed by atoms with van der Waals surface area (Å²) in [6.07, 6.45) is 1.97. The first kappa shape index (κ1) is 26.9. The third-order valence-electron chi connectivity index (χ3n) is 6.99. The van der Waals surface area contributed by atoms with E-state index in [-0.39, 0.29) is 59.0 Å². The molecule has 0 radical (unpaired) electrons. The maximum Gasteiger partial charge on any atom is 0.320 e. The highest BCUT2D eigenvalue weighted by molar-refractivity contribution is 6.33. The van der Waals surface area contributed by atoms with Crippen LogP contribution in [0.15, 0.2) is 24.3 Å². The molecule has 0 aliphatic carbocycles. The van der Waals surface area contributed by atoms with Crippen LogP contribution in [0.25, 0.3) is 10.8 Å². The van der Waals surface area contributed by atoms with Crippen molar-refractivity contribution < 1.29 is 39.0 Å². The van der Waals surface area contributed by atoms with Gasteiger partial charge in [0.25, 0.3) is 23.6 Å². The Morgan fingerprint density at radius 2 is 0.895 bits per heavy atom. The summed E-state index contributed by atoms with van der Waals surface area (Å²) in [5, 5.41) is 18.4. The van der Waals surface area contributed by atoms with Gasteiger partial charge in [-0.25, -0.2) is 0 Å². The Bertz CT molecular complexity index is 1200. The fraction of sp³-hybridized carbons (Fsp3) is 0.385. The number of aliphatic carboxylic acids is 2. The lowest BCUT2D eigenvalue weighted by atomic mass is 9.86. The number of imide groups is 2. The fourth-order valence-corrected chi connectivity index (χ4v) is 4.90. The minimum absolute atomic E-state index is 0.0750. The highest BCUT2D eigenvalue weighted by atomic mass is 16.4. The molecule has 2 aliphatic heterocycles. The van der Waals surface area contributed by atoms with Crippen molar-refractivity contribution in [2.24, 2.45) is 11.5 Å². The molecule has 200 valence electrons. The Hall–Kier alpha value is -4.16. The molecule has 2 aromatic rings. The smallest absolute Gasteiger partial charge is 0.320 e. The van der Waals surface area contributed by atoms with Crippen LogP contribution in [-0.4, -0.2) is 80.8 Å². The highest BCUT2D eigenvalue weighted by Crippen LogP contribution is 2.38. The topological polar surface area (TPSA) is 201 Å². The standard InChI is InChI=1S/C26H28N4O8/c27-17(25(35)36)5-1-3-11-29-21(31)13-7-9-15-20-16(10-8-14(19(13)20)22(29)32)24(34)30(23(15)33)12-4-2-6-18(28)26(37)38/h7-10,17-18H,1-6,11-12,27-28H2,(H,35,36)(H,37,38)/t17-,18-/m0/s1. The summed E-state index contributed by atoms with van der Waals surface area (Å²) in [4.78, 5) is 76.9. The number of nitrogens with zero attached hydrogens (tertiary/aromatic N) is 2. The molecule has 0 unspecified atom stereocenters. The molecular weight excluding hydrogens is 496 g/mol. The maximum atomic E-state index is 13.2. The monoisotopic (exact) mass is 524 g/mol. The second-order valence-corrected chi connectivity index (χ2v) is 9.48. The van der Waals surface area contributed by atoms with Crippen molar-refractivity contribution in [3.8, 4) is 0 Å². The summed E-state index contributed by atoms with van der Waals surface area (Å²) >= 11 is 0. The van der Waals surface area contributed by atoms with E-state index in [0.717, 1.165) is 9.80 Å². The minimum Gasteiger partial charge on any atom is -0.480 e. The van der Waals surface area contributed by atoms with Gasteiger partial charge in [-0.05, 0) is 62.8 Å². The van der Waals surface area contributed by atoms with E-state index in [0.29, 0.717) is 25.7 Å².